The first kappa shape index (κ1) is 32.4. The topological polar surface area (TPSA) is 86.8 Å². The molecular weight excluding hydrogens is 694 g/mol. The van der Waals surface area contributed by atoms with Gasteiger partial charge in [0, 0.05) is 28.5 Å². The minimum Gasteiger partial charge on any atom is -0.355 e. The van der Waals surface area contributed by atoms with Crippen LogP contribution < -0.4 is 9.62 Å². The van der Waals surface area contributed by atoms with E-state index < -0.39 is 28.5 Å². The van der Waals surface area contributed by atoms with Crippen molar-refractivity contribution in [1.82, 2.24) is 10.2 Å². The molecule has 7 nitrogen and oxygen atoms in total. The number of nitrogens with zero attached hydrogens (tertiary/aromatic N) is 2. The number of rotatable bonds is 12. The molecule has 0 aliphatic carbocycles. The Hall–Kier alpha value is -3.47. The summed E-state index contributed by atoms with van der Waals surface area (Å²) >= 11 is 6.90. The molecule has 10 heteroatoms. The number of sulfonamides is 1. The number of carbonyl (C=O) groups is 2. The number of hydrogen-bond acceptors (Lipinski definition) is 4. The van der Waals surface area contributed by atoms with Crippen LogP contribution in [0.15, 0.2) is 117 Å². The summed E-state index contributed by atoms with van der Waals surface area (Å²) in [5.41, 5.74) is 2.91. The van der Waals surface area contributed by atoms with Gasteiger partial charge in [0.05, 0.1) is 10.6 Å². The molecule has 4 aromatic carbocycles. The minimum absolute atomic E-state index is 0.0666. The van der Waals surface area contributed by atoms with Crippen LogP contribution in [0.2, 0.25) is 0 Å². The molecule has 0 spiro atoms. The lowest BCUT2D eigenvalue weighted by Crippen LogP contribution is -2.53. The molecular formula is C33H33Br2N3O4S. The molecule has 0 unspecified atom stereocenters. The monoisotopic (exact) mass is 725 g/mol. The smallest absolute Gasteiger partial charge is 0.264 e. The van der Waals surface area contributed by atoms with E-state index in [1.54, 1.807) is 36.4 Å². The Morgan fingerprint density at radius 3 is 2.09 bits per heavy atom. The van der Waals surface area contributed by atoms with E-state index in [0.29, 0.717) is 12.2 Å². The van der Waals surface area contributed by atoms with Gasteiger partial charge in [-0.2, -0.15) is 0 Å². The van der Waals surface area contributed by atoms with Gasteiger partial charge in [-0.3, -0.25) is 13.9 Å². The number of nitrogens with one attached hydrogen (secondary N) is 1. The Bertz CT molecular complexity index is 1650. The Morgan fingerprint density at radius 2 is 1.47 bits per heavy atom. The van der Waals surface area contributed by atoms with Gasteiger partial charge in [0.1, 0.15) is 12.6 Å². The summed E-state index contributed by atoms with van der Waals surface area (Å²) < 4.78 is 30.8. The Kier molecular flexibility index (Phi) is 11.2. The lowest BCUT2D eigenvalue weighted by atomic mass is 10.0. The molecule has 0 radical (unpaired) electrons. The highest BCUT2D eigenvalue weighted by Gasteiger charge is 2.34. The van der Waals surface area contributed by atoms with Crippen molar-refractivity contribution in [1.29, 1.82) is 0 Å². The molecule has 0 saturated carbocycles. The summed E-state index contributed by atoms with van der Waals surface area (Å²) in [6.07, 6.45) is 0.259. The van der Waals surface area contributed by atoms with E-state index >= 15 is 0 Å². The van der Waals surface area contributed by atoms with E-state index in [9.17, 15) is 18.0 Å². The van der Waals surface area contributed by atoms with Crippen molar-refractivity contribution in [3.05, 3.63) is 129 Å². The molecule has 1 N–H and O–H groups in total. The fourth-order valence-electron chi connectivity index (χ4n) is 4.65. The van der Waals surface area contributed by atoms with E-state index in [1.807, 2.05) is 68.4 Å². The summed E-state index contributed by atoms with van der Waals surface area (Å²) in [6.45, 7) is 3.68. The van der Waals surface area contributed by atoms with Gasteiger partial charge in [-0.1, -0.05) is 92.0 Å². The summed E-state index contributed by atoms with van der Waals surface area (Å²) in [4.78, 5) is 29.5. The first-order chi connectivity index (χ1) is 20.6. The quantitative estimate of drug-likeness (QED) is 0.181. The summed E-state index contributed by atoms with van der Waals surface area (Å²) in [6, 6.07) is 29.3. The van der Waals surface area contributed by atoms with Gasteiger partial charge in [-0.15, -0.1) is 0 Å². The van der Waals surface area contributed by atoms with Crippen LogP contribution in [-0.2, 0) is 32.6 Å². The molecule has 1 atom stereocenters. The lowest BCUT2D eigenvalue weighted by Gasteiger charge is -2.34. The second-order valence-corrected chi connectivity index (χ2v) is 13.7. The first-order valence-corrected chi connectivity index (χ1v) is 16.8. The third-order valence-corrected chi connectivity index (χ3v) is 9.68. The molecule has 0 aliphatic rings. The van der Waals surface area contributed by atoms with Crippen LogP contribution in [0.1, 0.15) is 23.6 Å². The van der Waals surface area contributed by atoms with Gasteiger partial charge in [0.15, 0.2) is 0 Å². The van der Waals surface area contributed by atoms with Gasteiger partial charge >= 0.3 is 0 Å². The van der Waals surface area contributed by atoms with Crippen LogP contribution >= 0.6 is 31.9 Å². The third-order valence-electron chi connectivity index (χ3n) is 6.87. The maximum atomic E-state index is 14.4. The van der Waals surface area contributed by atoms with E-state index in [-0.39, 0.29) is 23.8 Å². The highest BCUT2D eigenvalue weighted by atomic mass is 79.9. The Morgan fingerprint density at radius 1 is 0.814 bits per heavy atom. The van der Waals surface area contributed by atoms with E-state index in [4.69, 9.17) is 0 Å². The summed E-state index contributed by atoms with van der Waals surface area (Å²) in [5.74, 6) is -0.822. The zero-order valence-electron chi connectivity index (χ0n) is 23.9. The van der Waals surface area contributed by atoms with Crippen LogP contribution in [-0.4, -0.2) is 44.3 Å². The van der Waals surface area contributed by atoms with Crippen molar-refractivity contribution in [3.63, 3.8) is 0 Å². The molecule has 0 heterocycles. The van der Waals surface area contributed by atoms with E-state index in [1.165, 1.54) is 17.0 Å². The SMILES string of the molecule is CCNC(=O)[C@@H](Cc1ccccc1)N(Cc1cccc(Br)c1)C(=O)CN(c1ccc(Br)cc1)S(=O)(=O)c1ccc(C)cc1. The van der Waals surface area contributed by atoms with E-state index in [0.717, 1.165) is 29.9 Å². The maximum Gasteiger partial charge on any atom is 0.264 e. The van der Waals surface area contributed by atoms with Crippen molar-refractivity contribution in [2.24, 2.45) is 0 Å². The number of likely N-dealkylation sites (N-methyl/N-ethyl adjacent to an activating group) is 1. The highest BCUT2D eigenvalue weighted by molar-refractivity contribution is 9.10. The second-order valence-electron chi connectivity index (χ2n) is 10.1. The molecule has 4 aromatic rings. The van der Waals surface area contributed by atoms with Crippen LogP contribution in [0.5, 0.6) is 0 Å². The molecule has 0 bridgehead atoms. The molecule has 43 heavy (non-hydrogen) atoms. The molecule has 2 amide bonds. The van der Waals surface area contributed by atoms with Gasteiger partial charge in [0.25, 0.3) is 10.0 Å². The van der Waals surface area contributed by atoms with Crippen molar-refractivity contribution in [3.8, 4) is 0 Å². The molecule has 0 aromatic heterocycles. The molecule has 4 rings (SSSR count). The number of amides is 2. The molecule has 0 fully saturated rings. The number of benzene rings is 4. The van der Waals surface area contributed by atoms with Gasteiger partial charge in [0.2, 0.25) is 11.8 Å². The average Bonchev–Trinajstić information content (AvgIpc) is 2.99. The number of hydrogen-bond donors (Lipinski definition) is 1. The third kappa shape index (κ3) is 8.55. The lowest BCUT2D eigenvalue weighted by molar-refractivity contribution is -0.140. The largest absolute Gasteiger partial charge is 0.355 e. The van der Waals surface area contributed by atoms with Crippen molar-refractivity contribution < 1.29 is 18.0 Å². The maximum absolute atomic E-state index is 14.4. The van der Waals surface area contributed by atoms with Crippen LogP contribution in [0.4, 0.5) is 5.69 Å². The van der Waals surface area contributed by atoms with E-state index in [2.05, 4.69) is 37.2 Å². The molecule has 0 saturated heterocycles. The Balaban J connectivity index is 1.79. The van der Waals surface area contributed by atoms with Crippen LogP contribution in [0, 0.1) is 6.92 Å². The zero-order valence-corrected chi connectivity index (χ0v) is 27.9. The normalized spacial score (nSPS) is 11.9. The second kappa shape index (κ2) is 14.8. The van der Waals surface area contributed by atoms with Gasteiger partial charge in [-0.05, 0) is 73.5 Å². The predicted molar refractivity (Wildman–Crippen MR) is 177 cm³/mol. The number of halogens is 2. The molecule has 0 aliphatic heterocycles. The summed E-state index contributed by atoms with van der Waals surface area (Å²) in [5, 5.41) is 2.87. The minimum atomic E-state index is -4.14. The first-order valence-electron chi connectivity index (χ1n) is 13.8. The standard InChI is InChI=1S/C33H33Br2N3O4S/c1-3-36-33(40)31(21-25-8-5-4-6-9-25)37(22-26-10-7-11-28(35)20-26)32(39)23-38(29-16-14-27(34)15-17-29)43(41,42)30-18-12-24(2)13-19-30/h4-20,31H,3,21-23H2,1-2H3,(H,36,40)/t31-/m1/s1. The fraction of sp³-hybridized carbons (Fsp3) is 0.212. The Labute approximate surface area is 270 Å². The van der Waals surface area contributed by atoms with Gasteiger partial charge in [-0.25, -0.2) is 8.42 Å². The van der Waals surface area contributed by atoms with Crippen molar-refractivity contribution >= 4 is 59.4 Å². The number of anilines is 1. The predicted octanol–water partition coefficient (Wildman–Crippen LogP) is 6.49. The van der Waals surface area contributed by atoms with Crippen LogP contribution in [0.3, 0.4) is 0 Å². The fourth-order valence-corrected chi connectivity index (χ4v) is 6.78. The summed E-state index contributed by atoms with van der Waals surface area (Å²) in [7, 11) is -4.14. The average molecular weight is 728 g/mol. The van der Waals surface area contributed by atoms with Crippen molar-refractivity contribution in [2.75, 3.05) is 17.4 Å². The highest BCUT2D eigenvalue weighted by Crippen LogP contribution is 2.27. The van der Waals surface area contributed by atoms with Gasteiger partial charge < -0.3 is 10.2 Å². The molecule has 224 valence electrons. The number of carbonyl (C=O) groups excluding carboxylic acids is 2. The van der Waals surface area contributed by atoms with Crippen molar-refractivity contribution in [2.45, 2.75) is 37.8 Å². The van der Waals surface area contributed by atoms with Crippen LogP contribution in [0.25, 0.3) is 0 Å². The number of aryl methyl sites for hydroxylation is 1. The zero-order chi connectivity index (χ0) is 31.0.